The lowest BCUT2D eigenvalue weighted by atomic mass is 10.1. The molecule has 16 heavy (non-hydrogen) atoms. The summed E-state index contributed by atoms with van der Waals surface area (Å²) >= 11 is 0. The molecule has 0 aliphatic carbocycles. The van der Waals surface area contributed by atoms with Gasteiger partial charge in [-0.05, 0) is 37.1 Å². The monoisotopic (exact) mass is 219 g/mol. The Kier molecular flexibility index (Phi) is 2.99. The zero-order chi connectivity index (χ0) is 11.5. The summed E-state index contributed by atoms with van der Waals surface area (Å²) in [6.45, 7) is 2.71. The van der Waals surface area contributed by atoms with Gasteiger partial charge in [-0.15, -0.1) is 0 Å². The predicted molar refractivity (Wildman–Crippen MR) is 65.2 cm³/mol. The maximum absolute atomic E-state index is 11.0. The molecule has 1 aromatic carbocycles. The number of rotatable bonds is 2. The van der Waals surface area contributed by atoms with E-state index in [1.54, 1.807) is 0 Å². The molecule has 0 saturated carbocycles. The van der Waals surface area contributed by atoms with Crippen LogP contribution in [-0.4, -0.2) is 18.5 Å². The van der Waals surface area contributed by atoms with E-state index < -0.39 is 0 Å². The molecular weight excluding hydrogens is 202 g/mol. The first-order chi connectivity index (χ1) is 7.63. The number of nitrogen functional groups attached to an aromatic ring is 1. The first-order valence-corrected chi connectivity index (χ1v) is 5.54. The molecule has 1 saturated heterocycles. The summed E-state index contributed by atoms with van der Waals surface area (Å²) in [5.74, 6) is 0.141. The molecule has 86 valence electrons. The number of piperidine rings is 1. The Morgan fingerprint density at radius 3 is 2.88 bits per heavy atom. The lowest BCUT2D eigenvalue weighted by Gasteiger charge is -2.24. The van der Waals surface area contributed by atoms with Crippen LogP contribution in [0.3, 0.4) is 0 Å². The number of hydrogen-bond acceptors (Lipinski definition) is 3. The molecule has 1 aliphatic rings. The molecule has 1 aliphatic heterocycles. The highest BCUT2D eigenvalue weighted by atomic mass is 16.1. The smallest absolute Gasteiger partial charge is 0.220 e. The number of carbonyl (C=O) groups is 1. The highest BCUT2D eigenvalue weighted by Crippen LogP contribution is 2.18. The lowest BCUT2D eigenvalue weighted by Crippen LogP contribution is -2.41. The van der Waals surface area contributed by atoms with E-state index in [1.165, 1.54) is 0 Å². The van der Waals surface area contributed by atoms with Gasteiger partial charge in [-0.2, -0.15) is 0 Å². The summed E-state index contributed by atoms with van der Waals surface area (Å²) < 4.78 is 0. The quantitative estimate of drug-likeness (QED) is 0.656. The summed E-state index contributed by atoms with van der Waals surface area (Å²) in [5.41, 5.74) is 8.71. The average Bonchev–Trinajstić information content (AvgIpc) is 2.20. The van der Waals surface area contributed by atoms with Crippen LogP contribution >= 0.6 is 0 Å². The van der Waals surface area contributed by atoms with Gasteiger partial charge in [0, 0.05) is 30.4 Å². The van der Waals surface area contributed by atoms with Crippen LogP contribution in [0.15, 0.2) is 18.2 Å². The summed E-state index contributed by atoms with van der Waals surface area (Å²) in [4.78, 5) is 11.0. The fourth-order valence-electron chi connectivity index (χ4n) is 1.99. The zero-order valence-corrected chi connectivity index (χ0v) is 9.42. The minimum atomic E-state index is 0.141. The molecule has 1 unspecified atom stereocenters. The average molecular weight is 219 g/mol. The van der Waals surface area contributed by atoms with Crippen molar-refractivity contribution in [1.82, 2.24) is 5.32 Å². The summed E-state index contributed by atoms with van der Waals surface area (Å²) in [6.07, 6.45) is 1.47. The van der Waals surface area contributed by atoms with Gasteiger partial charge in [0.1, 0.15) is 0 Å². The van der Waals surface area contributed by atoms with Crippen molar-refractivity contribution in [3.63, 3.8) is 0 Å². The number of carbonyl (C=O) groups excluding carboxylic acids is 1. The van der Waals surface area contributed by atoms with Gasteiger partial charge in [0.15, 0.2) is 0 Å². The maximum atomic E-state index is 11.0. The first-order valence-electron chi connectivity index (χ1n) is 5.54. The summed E-state index contributed by atoms with van der Waals surface area (Å²) in [5, 5.41) is 6.24. The van der Waals surface area contributed by atoms with Crippen molar-refractivity contribution in [2.24, 2.45) is 0 Å². The Morgan fingerprint density at radius 2 is 2.25 bits per heavy atom. The second kappa shape index (κ2) is 4.43. The Morgan fingerprint density at radius 1 is 1.44 bits per heavy atom. The molecule has 4 N–H and O–H groups in total. The maximum Gasteiger partial charge on any atom is 0.220 e. The van der Waals surface area contributed by atoms with Gasteiger partial charge < -0.3 is 16.4 Å². The molecule has 1 heterocycles. The molecule has 4 heteroatoms. The van der Waals surface area contributed by atoms with E-state index in [9.17, 15) is 4.79 Å². The van der Waals surface area contributed by atoms with Gasteiger partial charge in [-0.25, -0.2) is 0 Å². The van der Waals surface area contributed by atoms with Crippen LogP contribution in [0.1, 0.15) is 18.4 Å². The number of hydrogen-bond donors (Lipinski definition) is 3. The zero-order valence-electron chi connectivity index (χ0n) is 9.42. The van der Waals surface area contributed by atoms with Crippen LogP contribution in [0.25, 0.3) is 0 Å². The van der Waals surface area contributed by atoms with Crippen LogP contribution in [0.5, 0.6) is 0 Å². The van der Waals surface area contributed by atoms with Crippen LogP contribution in [-0.2, 0) is 4.79 Å². The molecule has 0 aromatic heterocycles. The number of nitrogens with two attached hydrogens (primary N) is 1. The van der Waals surface area contributed by atoms with E-state index in [4.69, 9.17) is 5.73 Å². The molecule has 2 rings (SSSR count). The Labute approximate surface area is 95.2 Å². The second-order valence-electron chi connectivity index (χ2n) is 4.32. The van der Waals surface area contributed by atoms with E-state index in [-0.39, 0.29) is 5.91 Å². The molecule has 4 nitrogen and oxygen atoms in total. The van der Waals surface area contributed by atoms with Crippen LogP contribution in [0.4, 0.5) is 11.4 Å². The van der Waals surface area contributed by atoms with Crippen molar-refractivity contribution in [3.8, 4) is 0 Å². The summed E-state index contributed by atoms with van der Waals surface area (Å²) in [7, 11) is 0. The van der Waals surface area contributed by atoms with E-state index in [2.05, 4.69) is 16.7 Å². The molecule has 0 radical (unpaired) electrons. The molecule has 1 fully saturated rings. The van der Waals surface area contributed by atoms with E-state index in [0.29, 0.717) is 19.0 Å². The van der Waals surface area contributed by atoms with Crippen LogP contribution < -0.4 is 16.4 Å². The van der Waals surface area contributed by atoms with E-state index in [0.717, 1.165) is 23.4 Å². The number of amides is 1. The van der Waals surface area contributed by atoms with Gasteiger partial charge in [-0.3, -0.25) is 4.79 Å². The number of nitrogens with one attached hydrogen (secondary N) is 2. The number of aryl methyl sites for hydroxylation is 1. The van der Waals surface area contributed by atoms with E-state index >= 15 is 0 Å². The fourth-order valence-corrected chi connectivity index (χ4v) is 1.99. The fraction of sp³-hybridized carbons (Fsp3) is 0.417. The number of benzene rings is 1. The molecule has 1 atom stereocenters. The highest BCUT2D eigenvalue weighted by molar-refractivity contribution is 5.77. The van der Waals surface area contributed by atoms with Gasteiger partial charge >= 0.3 is 0 Å². The highest BCUT2D eigenvalue weighted by Gasteiger charge is 2.17. The van der Waals surface area contributed by atoms with Crippen molar-refractivity contribution in [1.29, 1.82) is 0 Å². The largest absolute Gasteiger partial charge is 0.399 e. The number of anilines is 2. The summed E-state index contributed by atoms with van der Waals surface area (Å²) in [6, 6.07) is 6.23. The predicted octanol–water partition coefficient (Wildman–Crippen LogP) is 1.27. The molecular formula is C12H17N3O. The Balaban J connectivity index is 2.00. The first kappa shape index (κ1) is 10.8. The van der Waals surface area contributed by atoms with Crippen LogP contribution in [0.2, 0.25) is 0 Å². The van der Waals surface area contributed by atoms with Gasteiger partial charge in [-0.1, -0.05) is 0 Å². The molecule has 1 aromatic rings. The minimum absolute atomic E-state index is 0.141. The van der Waals surface area contributed by atoms with Gasteiger partial charge in [0.2, 0.25) is 5.91 Å². The second-order valence-corrected chi connectivity index (χ2v) is 4.32. The Bertz CT molecular complexity index is 373. The van der Waals surface area contributed by atoms with Crippen molar-refractivity contribution in [3.05, 3.63) is 23.8 Å². The molecule has 0 bridgehead atoms. The molecule has 0 spiro atoms. The van der Waals surface area contributed by atoms with Crippen molar-refractivity contribution in [2.75, 3.05) is 17.6 Å². The Hall–Kier alpha value is -1.71. The SMILES string of the molecule is Cc1cc(N)cc(NC2CCC(=O)NC2)c1. The minimum Gasteiger partial charge on any atom is -0.399 e. The topological polar surface area (TPSA) is 67.1 Å². The van der Waals surface area contributed by atoms with Gasteiger partial charge in [0.05, 0.1) is 0 Å². The lowest BCUT2D eigenvalue weighted by molar-refractivity contribution is -0.122. The third-order valence-electron chi connectivity index (χ3n) is 2.74. The third-order valence-corrected chi connectivity index (χ3v) is 2.74. The standard InChI is InChI=1S/C12H17N3O/c1-8-4-9(13)6-11(5-8)15-10-2-3-12(16)14-7-10/h4-6,10,15H,2-3,7,13H2,1H3,(H,14,16). The molecule has 1 amide bonds. The van der Waals surface area contributed by atoms with Crippen molar-refractivity contribution in [2.45, 2.75) is 25.8 Å². The van der Waals surface area contributed by atoms with Crippen LogP contribution in [0, 0.1) is 6.92 Å². The van der Waals surface area contributed by atoms with Crippen molar-refractivity contribution < 1.29 is 4.79 Å². The third kappa shape index (κ3) is 2.66. The van der Waals surface area contributed by atoms with E-state index in [1.807, 2.05) is 19.1 Å². The van der Waals surface area contributed by atoms with Crippen molar-refractivity contribution >= 4 is 17.3 Å². The van der Waals surface area contributed by atoms with Gasteiger partial charge in [0.25, 0.3) is 0 Å². The normalized spacial score (nSPS) is 20.3.